The van der Waals surface area contributed by atoms with E-state index in [1.807, 2.05) is 47.4 Å². The van der Waals surface area contributed by atoms with Crippen molar-refractivity contribution in [2.24, 2.45) is 0 Å². The Hall–Kier alpha value is -3.21. The molecule has 148 valence electrons. The summed E-state index contributed by atoms with van der Waals surface area (Å²) in [4.78, 5) is 19.5. The Morgan fingerprint density at radius 1 is 1.07 bits per heavy atom. The third-order valence-corrected chi connectivity index (χ3v) is 5.37. The van der Waals surface area contributed by atoms with Gasteiger partial charge in [-0.3, -0.25) is 9.78 Å². The fourth-order valence-corrected chi connectivity index (χ4v) is 3.78. The van der Waals surface area contributed by atoms with E-state index in [9.17, 15) is 9.18 Å². The van der Waals surface area contributed by atoms with E-state index in [1.165, 1.54) is 12.1 Å². The first-order valence-corrected chi connectivity index (χ1v) is 9.80. The van der Waals surface area contributed by atoms with Crippen LogP contribution in [0.4, 0.5) is 4.39 Å². The molecular weight excluding hydrogens is 367 g/mol. The maximum Gasteiger partial charge on any atom is 0.253 e. The van der Waals surface area contributed by atoms with Gasteiger partial charge in [-0.15, -0.1) is 0 Å². The van der Waals surface area contributed by atoms with Crippen LogP contribution in [0.25, 0.3) is 11.3 Å². The standard InChI is InChI=1S/C24H23FN2O2/c1-29-21-13-9-17(10-14-21)22-5-2-6-23(26-22)19-4-3-15-27(16-19)24(28)18-7-11-20(25)12-8-18/h2,5-14,19H,3-4,15-16H2,1H3. The molecule has 1 unspecified atom stereocenters. The van der Waals surface area contributed by atoms with Gasteiger partial charge in [0.05, 0.1) is 12.8 Å². The van der Waals surface area contributed by atoms with E-state index in [0.29, 0.717) is 18.7 Å². The maximum atomic E-state index is 13.2. The number of hydrogen-bond acceptors (Lipinski definition) is 3. The Kier molecular flexibility index (Phi) is 5.56. The number of halogens is 1. The van der Waals surface area contributed by atoms with Crippen LogP contribution in [0, 0.1) is 5.82 Å². The molecule has 5 heteroatoms. The number of ether oxygens (including phenoxy) is 1. The third-order valence-electron chi connectivity index (χ3n) is 5.37. The van der Waals surface area contributed by atoms with Gasteiger partial charge in [0.15, 0.2) is 0 Å². The number of rotatable bonds is 4. The van der Waals surface area contributed by atoms with Crippen LogP contribution in [0.5, 0.6) is 5.75 Å². The van der Waals surface area contributed by atoms with Gasteiger partial charge in [0.25, 0.3) is 5.91 Å². The van der Waals surface area contributed by atoms with Crippen molar-refractivity contribution in [3.05, 3.63) is 83.8 Å². The van der Waals surface area contributed by atoms with E-state index in [1.54, 1.807) is 19.2 Å². The van der Waals surface area contributed by atoms with Gasteiger partial charge < -0.3 is 9.64 Å². The van der Waals surface area contributed by atoms with Crippen LogP contribution in [0.1, 0.15) is 34.8 Å². The number of pyridine rings is 1. The SMILES string of the molecule is COc1ccc(-c2cccc(C3CCCN(C(=O)c4ccc(F)cc4)C3)n2)cc1. The minimum Gasteiger partial charge on any atom is -0.497 e. The molecule has 1 aromatic heterocycles. The largest absolute Gasteiger partial charge is 0.497 e. The van der Waals surface area contributed by atoms with Crippen LogP contribution < -0.4 is 4.74 Å². The number of piperidine rings is 1. The zero-order chi connectivity index (χ0) is 20.2. The summed E-state index contributed by atoms with van der Waals surface area (Å²) in [6.45, 7) is 1.33. The number of carbonyl (C=O) groups is 1. The molecule has 1 aliphatic heterocycles. The van der Waals surface area contributed by atoms with Crippen molar-refractivity contribution in [3.63, 3.8) is 0 Å². The lowest BCUT2D eigenvalue weighted by atomic mass is 9.93. The number of amides is 1. The lowest BCUT2D eigenvalue weighted by Crippen LogP contribution is -2.39. The summed E-state index contributed by atoms with van der Waals surface area (Å²) in [5, 5.41) is 0. The molecular formula is C24H23FN2O2. The molecule has 1 atom stereocenters. The molecule has 2 heterocycles. The van der Waals surface area contributed by atoms with Crippen LogP contribution in [-0.4, -0.2) is 36.0 Å². The summed E-state index contributed by atoms with van der Waals surface area (Å²) in [5.41, 5.74) is 3.46. The van der Waals surface area contributed by atoms with Gasteiger partial charge in [0.1, 0.15) is 11.6 Å². The zero-order valence-electron chi connectivity index (χ0n) is 16.3. The van der Waals surface area contributed by atoms with E-state index in [4.69, 9.17) is 9.72 Å². The Balaban J connectivity index is 1.52. The van der Waals surface area contributed by atoms with Crippen molar-refractivity contribution < 1.29 is 13.9 Å². The predicted molar refractivity (Wildman–Crippen MR) is 111 cm³/mol. The smallest absolute Gasteiger partial charge is 0.253 e. The summed E-state index contributed by atoms with van der Waals surface area (Å²) >= 11 is 0. The highest BCUT2D eigenvalue weighted by Gasteiger charge is 2.26. The molecule has 0 N–H and O–H groups in total. The second kappa shape index (κ2) is 8.43. The average molecular weight is 390 g/mol. The maximum absolute atomic E-state index is 13.2. The van der Waals surface area contributed by atoms with Gasteiger partial charge in [-0.25, -0.2) is 4.39 Å². The molecule has 3 aromatic rings. The molecule has 1 amide bonds. The van der Waals surface area contributed by atoms with Crippen molar-refractivity contribution >= 4 is 5.91 Å². The Labute approximate surface area is 170 Å². The average Bonchev–Trinajstić information content (AvgIpc) is 2.79. The van der Waals surface area contributed by atoms with Crippen molar-refractivity contribution in [3.8, 4) is 17.0 Å². The number of hydrogen-bond donors (Lipinski definition) is 0. The molecule has 4 rings (SSSR count). The van der Waals surface area contributed by atoms with E-state index in [0.717, 1.165) is 35.5 Å². The van der Waals surface area contributed by atoms with E-state index in [2.05, 4.69) is 0 Å². The first-order valence-electron chi connectivity index (χ1n) is 9.80. The van der Waals surface area contributed by atoms with Crippen LogP contribution in [0.15, 0.2) is 66.7 Å². The van der Waals surface area contributed by atoms with Gasteiger partial charge in [-0.05, 0) is 73.5 Å². The van der Waals surface area contributed by atoms with Crippen molar-refractivity contribution in [1.29, 1.82) is 0 Å². The Morgan fingerprint density at radius 2 is 1.83 bits per heavy atom. The molecule has 0 bridgehead atoms. The van der Waals surface area contributed by atoms with Gasteiger partial charge in [-0.2, -0.15) is 0 Å². The minimum atomic E-state index is -0.336. The number of aromatic nitrogens is 1. The number of carbonyl (C=O) groups excluding carboxylic acids is 1. The fourth-order valence-electron chi connectivity index (χ4n) is 3.78. The molecule has 0 radical (unpaired) electrons. The summed E-state index contributed by atoms with van der Waals surface area (Å²) in [5.74, 6) is 0.608. The number of likely N-dealkylation sites (tertiary alicyclic amines) is 1. The minimum absolute atomic E-state index is 0.0546. The summed E-state index contributed by atoms with van der Waals surface area (Å²) < 4.78 is 18.4. The van der Waals surface area contributed by atoms with Gasteiger partial charge in [-0.1, -0.05) is 6.07 Å². The van der Waals surface area contributed by atoms with E-state index >= 15 is 0 Å². The second-order valence-electron chi connectivity index (χ2n) is 7.27. The van der Waals surface area contributed by atoms with Gasteiger partial charge in [0, 0.05) is 35.8 Å². The highest BCUT2D eigenvalue weighted by atomic mass is 19.1. The highest BCUT2D eigenvalue weighted by Crippen LogP contribution is 2.29. The molecule has 1 aliphatic rings. The number of nitrogens with zero attached hydrogens (tertiary/aromatic N) is 2. The first-order chi connectivity index (χ1) is 14.1. The normalized spacial score (nSPS) is 16.5. The van der Waals surface area contributed by atoms with Crippen LogP contribution in [0.2, 0.25) is 0 Å². The van der Waals surface area contributed by atoms with E-state index < -0.39 is 0 Å². The molecule has 2 aromatic carbocycles. The summed E-state index contributed by atoms with van der Waals surface area (Å²) in [6.07, 6.45) is 1.91. The monoisotopic (exact) mass is 390 g/mol. The molecule has 0 aliphatic carbocycles. The highest BCUT2D eigenvalue weighted by molar-refractivity contribution is 5.94. The van der Waals surface area contributed by atoms with Crippen molar-refractivity contribution in [2.75, 3.05) is 20.2 Å². The summed E-state index contributed by atoms with van der Waals surface area (Å²) in [6, 6.07) is 19.6. The zero-order valence-corrected chi connectivity index (χ0v) is 16.3. The molecule has 0 spiro atoms. The molecule has 1 fully saturated rings. The number of methoxy groups -OCH3 is 1. The lowest BCUT2D eigenvalue weighted by molar-refractivity contribution is 0.0706. The Bertz CT molecular complexity index is 987. The first kappa shape index (κ1) is 19.1. The van der Waals surface area contributed by atoms with Gasteiger partial charge >= 0.3 is 0 Å². The number of benzene rings is 2. The molecule has 0 saturated carbocycles. The molecule has 1 saturated heterocycles. The van der Waals surface area contributed by atoms with Gasteiger partial charge in [0.2, 0.25) is 0 Å². The quantitative estimate of drug-likeness (QED) is 0.635. The van der Waals surface area contributed by atoms with E-state index in [-0.39, 0.29) is 17.6 Å². The van der Waals surface area contributed by atoms with Crippen molar-refractivity contribution in [1.82, 2.24) is 9.88 Å². The fraction of sp³-hybridized carbons (Fsp3) is 0.250. The topological polar surface area (TPSA) is 42.4 Å². The Morgan fingerprint density at radius 3 is 2.55 bits per heavy atom. The van der Waals surface area contributed by atoms with Crippen LogP contribution in [-0.2, 0) is 0 Å². The summed E-state index contributed by atoms with van der Waals surface area (Å²) in [7, 11) is 1.65. The van der Waals surface area contributed by atoms with Crippen LogP contribution >= 0.6 is 0 Å². The molecule has 4 nitrogen and oxygen atoms in total. The van der Waals surface area contributed by atoms with Crippen LogP contribution in [0.3, 0.4) is 0 Å². The third kappa shape index (κ3) is 4.29. The second-order valence-corrected chi connectivity index (χ2v) is 7.27. The predicted octanol–water partition coefficient (Wildman–Crippen LogP) is 4.92. The lowest BCUT2D eigenvalue weighted by Gasteiger charge is -2.32. The van der Waals surface area contributed by atoms with Crippen molar-refractivity contribution in [2.45, 2.75) is 18.8 Å². The molecule has 29 heavy (non-hydrogen) atoms.